The second-order valence-electron chi connectivity index (χ2n) is 5.38. The van der Waals surface area contributed by atoms with Crippen molar-refractivity contribution in [2.24, 2.45) is 5.92 Å². The average Bonchev–Trinajstić information content (AvgIpc) is 3.39. The van der Waals surface area contributed by atoms with Gasteiger partial charge in [-0.15, -0.1) is 0 Å². The van der Waals surface area contributed by atoms with E-state index in [-0.39, 0.29) is 17.7 Å². The van der Waals surface area contributed by atoms with Crippen LogP contribution in [-0.2, 0) is 11.3 Å². The smallest absolute Gasteiger partial charge is 0.251 e. The number of nitrogens with zero attached hydrogens (tertiary/aromatic N) is 1. The zero-order chi connectivity index (χ0) is 15.4. The predicted octanol–water partition coefficient (Wildman–Crippen LogP) is 2.36. The second kappa shape index (κ2) is 6.39. The highest BCUT2D eigenvalue weighted by Gasteiger charge is 2.29. The highest BCUT2D eigenvalue weighted by molar-refractivity contribution is 5.98. The van der Waals surface area contributed by atoms with Crippen molar-refractivity contribution >= 4 is 17.5 Å². The van der Waals surface area contributed by atoms with E-state index >= 15 is 0 Å². The highest BCUT2D eigenvalue weighted by atomic mass is 16.2. The molecule has 0 saturated heterocycles. The summed E-state index contributed by atoms with van der Waals surface area (Å²) >= 11 is 0. The maximum absolute atomic E-state index is 12.2. The summed E-state index contributed by atoms with van der Waals surface area (Å²) in [5.74, 6) is 0.0119. The largest absolute Gasteiger partial charge is 0.348 e. The van der Waals surface area contributed by atoms with Gasteiger partial charge in [0, 0.05) is 36.1 Å². The predicted molar refractivity (Wildman–Crippen MR) is 83.2 cm³/mol. The molecule has 0 spiro atoms. The van der Waals surface area contributed by atoms with Gasteiger partial charge < -0.3 is 10.6 Å². The van der Waals surface area contributed by atoms with Crippen LogP contribution in [-0.4, -0.2) is 16.8 Å². The molecule has 0 bridgehead atoms. The normalized spacial score (nSPS) is 13.5. The summed E-state index contributed by atoms with van der Waals surface area (Å²) in [5, 5.41) is 5.70. The number of aromatic nitrogens is 1. The molecule has 1 fully saturated rings. The van der Waals surface area contributed by atoms with Gasteiger partial charge in [-0.05, 0) is 48.7 Å². The minimum atomic E-state index is -0.167. The second-order valence-corrected chi connectivity index (χ2v) is 5.38. The average molecular weight is 295 g/mol. The lowest BCUT2D eigenvalue weighted by atomic mass is 10.1. The molecular weight excluding hydrogens is 278 g/mol. The van der Waals surface area contributed by atoms with Gasteiger partial charge >= 0.3 is 0 Å². The number of carbonyl (C=O) groups is 2. The van der Waals surface area contributed by atoms with Gasteiger partial charge in [0.2, 0.25) is 5.91 Å². The van der Waals surface area contributed by atoms with Crippen LogP contribution in [0.15, 0.2) is 48.8 Å². The number of hydrogen-bond acceptors (Lipinski definition) is 3. The van der Waals surface area contributed by atoms with Crippen LogP contribution in [0.1, 0.15) is 28.8 Å². The zero-order valence-electron chi connectivity index (χ0n) is 12.1. The topological polar surface area (TPSA) is 71.1 Å². The fourth-order valence-corrected chi connectivity index (χ4v) is 2.11. The lowest BCUT2D eigenvalue weighted by molar-refractivity contribution is -0.117. The Morgan fingerprint density at radius 2 is 1.91 bits per heavy atom. The Kier molecular flexibility index (Phi) is 4.14. The van der Waals surface area contributed by atoms with E-state index in [1.165, 1.54) is 0 Å². The van der Waals surface area contributed by atoms with E-state index in [2.05, 4.69) is 15.6 Å². The molecule has 22 heavy (non-hydrogen) atoms. The van der Waals surface area contributed by atoms with Crippen molar-refractivity contribution in [1.29, 1.82) is 0 Å². The van der Waals surface area contributed by atoms with Gasteiger partial charge in [-0.3, -0.25) is 14.6 Å². The van der Waals surface area contributed by atoms with Crippen LogP contribution in [0, 0.1) is 5.92 Å². The number of carbonyl (C=O) groups excluding carboxylic acids is 2. The Labute approximate surface area is 128 Å². The maximum atomic E-state index is 12.2. The molecule has 3 rings (SSSR count). The van der Waals surface area contributed by atoms with E-state index in [1.807, 2.05) is 12.1 Å². The Bertz CT molecular complexity index is 681. The molecule has 2 amide bonds. The molecule has 5 nitrogen and oxygen atoms in total. The molecule has 2 aromatic rings. The number of hydrogen-bond donors (Lipinski definition) is 2. The van der Waals surface area contributed by atoms with E-state index in [9.17, 15) is 9.59 Å². The van der Waals surface area contributed by atoms with E-state index < -0.39 is 0 Å². The Hall–Kier alpha value is -2.69. The van der Waals surface area contributed by atoms with Crippen molar-refractivity contribution in [3.05, 3.63) is 59.9 Å². The number of anilines is 1. The first-order valence-electron chi connectivity index (χ1n) is 7.30. The van der Waals surface area contributed by atoms with Crippen molar-refractivity contribution < 1.29 is 9.59 Å². The molecule has 1 heterocycles. The molecule has 5 heteroatoms. The molecule has 0 aliphatic heterocycles. The number of pyridine rings is 1. The van der Waals surface area contributed by atoms with Crippen molar-refractivity contribution in [2.45, 2.75) is 19.4 Å². The molecule has 112 valence electrons. The van der Waals surface area contributed by atoms with Gasteiger partial charge in [-0.2, -0.15) is 0 Å². The van der Waals surface area contributed by atoms with Crippen LogP contribution in [0.4, 0.5) is 5.69 Å². The van der Waals surface area contributed by atoms with Crippen LogP contribution < -0.4 is 10.6 Å². The molecular formula is C17H17N3O2. The highest BCUT2D eigenvalue weighted by Crippen LogP contribution is 2.30. The Balaban J connectivity index is 1.61. The molecule has 1 aromatic heterocycles. The number of nitrogens with one attached hydrogen (secondary N) is 2. The van der Waals surface area contributed by atoms with Gasteiger partial charge in [-0.25, -0.2) is 0 Å². The molecule has 1 aliphatic carbocycles. The number of amides is 2. The number of rotatable bonds is 5. The van der Waals surface area contributed by atoms with Crippen LogP contribution in [0.2, 0.25) is 0 Å². The van der Waals surface area contributed by atoms with Gasteiger partial charge in [-0.1, -0.05) is 6.07 Å². The molecule has 1 saturated carbocycles. The first kappa shape index (κ1) is 14.3. The summed E-state index contributed by atoms with van der Waals surface area (Å²) in [7, 11) is 0. The lowest BCUT2D eigenvalue weighted by Gasteiger charge is -2.08. The molecule has 0 atom stereocenters. The Morgan fingerprint density at radius 1 is 1.14 bits per heavy atom. The Morgan fingerprint density at radius 3 is 2.64 bits per heavy atom. The van der Waals surface area contributed by atoms with Gasteiger partial charge in [0.15, 0.2) is 0 Å². The third kappa shape index (κ3) is 3.69. The van der Waals surface area contributed by atoms with Crippen LogP contribution in [0.25, 0.3) is 0 Å². The van der Waals surface area contributed by atoms with E-state index in [1.54, 1.807) is 36.7 Å². The molecule has 1 aromatic carbocycles. The maximum Gasteiger partial charge on any atom is 0.251 e. The molecule has 0 unspecified atom stereocenters. The lowest BCUT2D eigenvalue weighted by Crippen LogP contribution is -2.23. The SMILES string of the molecule is O=C(NCc1ccncc1)c1cccc(NC(=O)C2CC2)c1. The van der Waals surface area contributed by atoms with Crippen molar-refractivity contribution in [3.8, 4) is 0 Å². The first-order valence-corrected chi connectivity index (χ1v) is 7.30. The third-order valence-electron chi connectivity index (χ3n) is 3.54. The zero-order valence-corrected chi connectivity index (χ0v) is 12.1. The third-order valence-corrected chi connectivity index (χ3v) is 3.54. The van der Waals surface area contributed by atoms with E-state index in [0.29, 0.717) is 17.8 Å². The molecule has 2 N–H and O–H groups in total. The number of benzene rings is 1. The molecule has 0 radical (unpaired) electrons. The summed E-state index contributed by atoms with van der Waals surface area (Å²) in [6, 6.07) is 10.7. The summed E-state index contributed by atoms with van der Waals surface area (Å²) in [6.07, 6.45) is 5.29. The summed E-state index contributed by atoms with van der Waals surface area (Å²) in [4.78, 5) is 27.8. The van der Waals surface area contributed by atoms with Crippen LogP contribution in [0.3, 0.4) is 0 Å². The quantitative estimate of drug-likeness (QED) is 0.889. The summed E-state index contributed by atoms with van der Waals surface area (Å²) in [5.41, 5.74) is 2.18. The summed E-state index contributed by atoms with van der Waals surface area (Å²) in [6.45, 7) is 0.444. The fourth-order valence-electron chi connectivity index (χ4n) is 2.11. The first-order chi connectivity index (χ1) is 10.7. The van der Waals surface area contributed by atoms with E-state index in [0.717, 1.165) is 18.4 Å². The van der Waals surface area contributed by atoms with Crippen molar-refractivity contribution in [2.75, 3.05) is 5.32 Å². The fraction of sp³-hybridized carbons (Fsp3) is 0.235. The minimum absolute atomic E-state index is 0.0364. The van der Waals surface area contributed by atoms with Crippen LogP contribution >= 0.6 is 0 Å². The monoisotopic (exact) mass is 295 g/mol. The van der Waals surface area contributed by atoms with Gasteiger partial charge in [0.05, 0.1) is 0 Å². The van der Waals surface area contributed by atoms with Crippen molar-refractivity contribution in [1.82, 2.24) is 10.3 Å². The van der Waals surface area contributed by atoms with Crippen LogP contribution in [0.5, 0.6) is 0 Å². The molecule has 1 aliphatic rings. The standard InChI is InChI=1S/C17H17N3O2/c21-16(19-11-12-6-8-18-9-7-12)14-2-1-3-15(10-14)20-17(22)13-4-5-13/h1-3,6-10,13H,4-5,11H2,(H,19,21)(H,20,22). The minimum Gasteiger partial charge on any atom is -0.348 e. The van der Waals surface area contributed by atoms with Gasteiger partial charge in [0.25, 0.3) is 5.91 Å². The van der Waals surface area contributed by atoms with E-state index in [4.69, 9.17) is 0 Å². The summed E-state index contributed by atoms with van der Waals surface area (Å²) < 4.78 is 0. The van der Waals surface area contributed by atoms with Gasteiger partial charge in [0.1, 0.15) is 0 Å². The van der Waals surface area contributed by atoms with Crippen molar-refractivity contribution in [3.63, 3.8) is 0 Å².